The fourth-order valence-electron chi connectivity index (χ4n) is 4.06. The molecule has 1 saturated heterocycles. The predicted octanol–water partition coefficient (Wildman–Crippen LogP) is 1.56. The van der Waals surface area contributed by atoms with Crippen LogP contribution >= 0.6 is 0 Å². The Labute approximate surface area is 171 Å². The van der Waals surface area contributed by atoms with Crippen LogP contribution in [0.4, 0.5) is 0 Å². The average Bonchev–Trinajstić information content (AvgIpc) is 3.28. The van der Waals surface area contributed by atoms with Gasteiger partial charge in [0.05, 0.1) is 0 Å². The summed E-state index contributed by atoms with van der Waals surface area (Å²) in [6.07, 6.45) is 6.54. The van der Waals surface area contributed by atoms with E-state index >= 15 is 0 Å². The maximum Gasteiger partial charge on any atom is 1.00 e. The maximum atomic E-state index is 3.92. The predicted molar refractivity (Wildman–Crippen MR) is 107 cm³/mol. The smallest absolute Gasteiger partial charge is 0.405 e. The third-order valence-corrected chi connectivity index (χ3v) is 8.53. The van der Waals surface area contributed by atoms with Gasteiger partial charge in [-0.3, -0.25) is 0 Å². The van der Waals surface area contributed by atoms with Crippen molar-refractivity contribution in [2.75, 3.05) is 13.1 Å². The normalized spacial score (nSPS) is 19.1. The molecule has 1 aliphatic carbocycles. The molecule has 2 aromatic carbocycles. The quantitative estimate of drug-likeness (QED) is 0.648. The van der Waals surface area contributed by atoms with Crippen molar-refractivity contribution in [3.05, 3.63) is 77.4 Å². The van der Waals surface area contributed by atoms with Gasteiger partial charge in [0.15, 0.2) is 0 Å². The number of benzene rings is 2. The monoisotopic (exact) mass is 354 g/mol. The van der Waals surface area contributed by atoms with Gasteiger partial charge in [-0.15, -0.1) is 17.3 Å². The average molecular weight is 354 g/mol. The number of nitrogens with zero attached hydrogens (tertiary/aromatic N) is 1. The summed E-state index contributed by atoms with van der Waals surface area (Å²) in [6, 6.07) is 19.7. The summed E-state index contributed by atoms with van der Waals surface area (Å²) in [7, 11) is -1.71. The third-order valence-electron chi connectivity index (χ3n) is 5.54. The Morgan fingerprint density at radius 3 is 2.38 bits per heavy atom. The van der Waals surface area contributed by atoms with Crippen LogP contribution in [0.5, 0.6) is 0 Å². The number of likely N-dealkylation sites (tertiary alicyclic amines) is 1. The van der Waals surface area contributed by atoms with Crippen LogP contribution in [0.15, 0.2) is 54.6 Å². The van der Waals surface area contributed by atoms with Gasteiger partial charge in [-0.1, -0.05) is 67.2 Å². The molecule has 1 unspecified atom stereocenters. The Morgan fingerprint density at radius 1 is 1.00 bits per heavy atom. The third kappa shape index (κ3) is 3.87. The minimum atomic E-state index is -1.71. The molecule has 1 heterocycles. The van der Waals surface area contributed by atoms with Crippen LogP contribution in [-0.4, -0.2) is 26.2 Å². The molecule has 2 aliphatic rings. The Bertz CT molecular complexity index is 767. The summed E-state index contributed by atoms with van der Waals surface area (Å²) >= 11 is 0. The number of allylic oxidation sites excluding steroid dienone is 1. The van der Waals surface area contributed by atoms with Crippen molar-refractivity contribution < 1.29 is 18.9 Å². The number of rotatable bonds is 5. The zero-order valence-electron chi connectivity index (χ0n) is 16.3. The van der Waals surface area contributed by atoms with Gasteiger partial charge in [-0.05, 0) is 18.4 Å². The van der Waals surface area contributed by atoms with E-state index in [2.05, 4.69) is 83.6 Å². The molecular weight excluding hydrogens is 327 g/mol. The first-order valence-electron chi connectivity index (χ1n) is 9.42. The molecule has 0 radical (unpaired) electrons. The molecule has 130 valence electrons. The molecular formula is C22H27LiN2Si. The van der Waals surface area contributed by atoms with Crippen molar-refractivity contribution in [3.8, 4) is 0 Å². The van der Waals surface area contributed by atoms with Crippen LogP contribution in [0.2, 0.25) is 13.1 Å². The Balaban J connectivity index is 0.00000196. The Kier molecular flexibility index (Phi) is 6.15. The van der Waals surface area contributed by atoms with Crippen molar-refractivity contribution in [1.82, 2.24) is 9.88 Å². The molecule has 4 rings (SSSR count). The molecule has 0 bridgehead atoms. The number of fused-ring (bicyclic) bond motifs is 1. The molecule has 0 spiro atoms. The van der Waals surface area contributed by atoms with E-state index < -0.39 is 8.24 Å². The molecule has 4 heteroatoms. The van der Waals surface area contributed by atoms with E-state index in [1.165, 1.54) is 48.3 Å². The molecule has 2 nitrogen and oxygen atoms in total. The van der Waals surface area contributed by atoms with E-state index in [0.29, 0.717) is 5.54 Å². The van der Waals surface area contributed by atoms with E-state index in [9.17, 15) is 0 Å². The topological polar surface area (TPSA) is 15.3 Å². The van der Waals surface area contributed by atoms with Gasteiger partial charge in [0.2, 0.25) is 0 Å². The van der Waals surface area contributed by atoms with Crippen molar-refractivity contribution in [2.24, 2.45) is 0 Å². The minimum Gasteiger partial charge on any atom is -0.405 e. The first kappa shape index (κ1) is 19.5. The van der Waals surface area contributed by atoms with Crippen LogP contribution in [0.3, 0.4) is 0 Å². The Morgan fingerprint density at radius 2 is 1.65 bits per heavy atom. The van der Waals surface area contributed by atoms with Gasteiger partial charge in [0, 0.05) is 19.6 Å². The van der Waals surface area contributed by atoms with Crippen molar-refractivity contribution >= 4 is 13.9 Å². The van der Waals surface area contributed by atoms with Crippen molar-refractivity contribution in [3.63, 3.8) is 0 Å². The molecule has 0 saturated carbocycles. The number of hydrogen-bond acceptors (Lipinski definition) is 2. The zero-order chi connectivity index (χ0) is 17.3. The second-order valence-electron chi connectivity index (χ2n) is 7.77. The zero-order valence-corrected chi connectivity index (χ0v) is 17.3. The van der Waals surface area contributed by atoms with Gasteiger partial charge in [0.25, 0.3) is 0 Å². The molecule has 1 fully saturated rings. The van der Waals surface area contributed by atoms with Gasteiger partial charge in [0.1, 0.15) is 8.24 Å². The molecule has 2 aromatic rings. The van der Waals surface area contributed by atoms with Gasteiger partial charge < -0.3 is 9.88 Å². The SMILES string of the molecule is C[Si](C)(NCc1ccccc1)C1[C-]=C(N2CCCC2)c2ccccc21.[Li+]. The second-order valence-corrected chi connectivity index (χ2v) is 12.1. The summed E-state index contributed by atoms with van der Waals surface area (Å²) in [5.74, 6) is 0. The van der Waals surface area contributed by atoms with Crippen LogP contribution < -0.4 is 23.8 Å². The van der Waals surface area contributed by atoms with Crippen LogP contribution in [0.1, 0.15) is 35.1 Å². The van der Waals surface area contributed by atoms with Crippen LogP contribution in [-0.2, 0) is 6.54 Å². The fourth-order valence-corrected chi connectivity index (χ4v) is 6.45. The van der Waals surface area contributed by atoms with Gasteiger partial charge in [-0.25, -0.2) is 6.08 Å². The molecule has 0 amide bonds. The molecule has 1 aliphatic heterocycles. The van der Waals surface area contributed by atoms with E-state index in [0.717, 1.165) is 6.54 Å². The van der Waals surface area contributed by atoms with Crippen LogP contribution in [0, 0.1) is 6.08 Å². The minimum absolute atomic E-state index is 0. The van der Waals surface area contributed by atoms with Crippen LogP contribution in [0.25, 0.3) is 5.70 Å². The van der Waals surface area contributed by atoms with E-state index in [1.807, 2.05) is 0 Å². The maximum absolute atomic E-state index is 3.92. The molecule has 0 aromatic heterocycles. The summed E-state index contributed by atoms with van der Waals surface area (Å²) in [5, 5.41) is 0. The first-order chi connectivity index (χ1) is 12.1. The summed E-state index contributed by atoms with van der Waals surface area (Å²) < 4.78 is 0. The van der Waals surface area contributed by atoms with E-state index in [-0.39, 0.29) is 18.9 Å². The standard InChI is InChI=1S/C22H27N2Si.Li/c1-25(2,23-17-18-10-4-3-5-11-18)22-16-21(24-14-8-9-15-24)19-12-6-7-13-20(19)22;/h3-7,10-13,22-23H,8-9,14-15,17H2,1-2H3;/q-1;+1. The summed E-state index contributed by atoms with van der Waals surface area (Å²) in [4.78, 5) is 6.46. The summed E-state index contributed by atoms with van der Waals surface area (Å²) in [6.45, 7) is 8.19. The molecule has 1 atom stereocenters. The van der Waals surface area contributed by atoms with Gasteiger partial charge in [-0.2, -0.15) is 5.56 Å². The molecule has 26 heavy (non-hydrogen) atoms. The summed E-state index contributed by atoms with van der Waals surface area (Å²) in [5.41, 5.74) is 6.03. The number of hydrogen-bond donors (Lipinski definition) is 1. The van der Waals surface area contributed by atoms with Gasteiger partial charge >= 0.3 is 18.9 Å². The second kappa shape index (κ2) is 8.19. The van der Waals surface area contributed by atoms with E-state index in [1.54, 1.807) is 0 Å². The molecule has 1 N–H and O–H groups in total. The Hall–Kier alpha value is -1.25. The largest absolute Gasteiger partial charge is 1.00 e. The van der Waals surface area contributed by atoms with Crippen molar-refractivity contribution in [2.45, 2.75) is 38.0 Å². The first-order valence-corrected chi connectivity index (χ1v) is 12.5. The fraction of sp³-hybridized carbons (Fsp3) is 0.364. The van der Waals surface area contributed by atoms with Crippen molar-refractivity contribution in [1.29, 1.82) is 0 Å². The number of nitrogens with one attached hydrogen (secondary N) is 1. The van der Waals surface area contributed by atoms with E-state index in [4.69, 9.17) is 0 Å².